The molecule has 5 nitrogen and oxygen atoms in total. The minimum atomic E-state index is 0.571. The summed E-state index contributed by atoms with van der Waals surface area (Å²) in [5.41, 5.74) is 0. The Hall–Kier alpha value is -1.91. The monoisotopic (exact) mass is 263 g/mol. The minimum absolute atomic E-state index is 0.571. The molecule has 0 bridgehead atoms. The van der Waals surface area contributed by atoms with Gasteiger partial charge in [0.25, 0.3) is 0 Å². The third-order valence-corrected chi connectivity index (χ3v) is 2.87. The highest BCUT2D eigenvalue weighted by molar-refractivity contribution is 5.79. The lowest BCUT2D eigenvalue weighted by Crippen LogP contribution is -2.39. The van der Waals surface area contributed by atoms with Crippen LogP contribution in [0.1, 0.15) is 12.8 Å². The van der Waals surface area contributed by atoms with Crippen molar-refractivity contribution in [2.45, 2.75) is 12.8 Å². The lowest BCUT2D eigenvalue weighted by Gasteiger charge is -2.12. The summed E-state index contributed by atoms with van der Waals surface area (Å²) in [6.07, 6.45) is 2.32. The zero-order valence-electron chi connectivity index (χ0n) is 11.3. The number of nitrogens with zero attached hydrogens (tertiary/aromatic N) is 1. The fraction of sp³-hybridized carbons (Fsp3) is 0.500. The average Bonchev–Trinajstić information content (AvgIpc) is 2.72. The molecule has 0 atom stereocenters. The van der Waals surface area contributed by atoms with Crippen molar-refractivity contribution < 1.29 is 9.47 Å². The topological polar surface area (TPSA) is 54.9 Å². The second-order valence-electron chi connectivity index (χ2n) is 4.29. The van der Waals surface area contributed by atoms with Gasteiger partial charge in [-0.05, 0) is 25.0 Å². The molecular weight excluding hydrogens is 242 g/mol. The third kappa shape index (κ3) is 4.35. The molecule has 0 saturated carbocycles. The molecule has 1 aliphatic heterocycles. The van der Waals surface area contributed by atoms with Crippen LogP contribution in [0.25, 0.3) is 0 Å². The van der Waals surface area contributed by atoms with E-state index < -0.39 is 0 Å². The van der Waals surface area contributed by atoms with E-state index >= 15 is 0 Å². The van der Waals surface area contributed by atoms with Crippen LogP contribution in [-0.4, -0.2) is 39.3 Å². The van der Waals surface area contributed by atoms with Crippen LogP contribution in [0.4, 0.5) is 0 Å². The molecule has 1 aromatic rings. The number of methoxy groups -OCH3 is 1. The normalized spacial score (nSPS) is 14.9. The fourth-order valence-corrected chi connectivity index (χ4v) is 1.88. The average molecular weight is 263 g/mol. The van der Waals surface area contributed by atoms with Crippen molar-refractivity contribution in [3.8, 4) is 11.5 Å². The Bertz CT molecular complexity index is 421. The third-order valence-electron chi connectivity index (χ3n) is 2.87. The molecule has 1 heterocycles. The van der Waals surface area contributed by atoms with Crippen LogP contribution in [0.15, 0.2) is 29.3 Å². The van der Waals surface area contributed by atoms with Crippen LogP contribution in [0, 0.1) is 0 Å². The maximum Gasteiger partial charge on any atom is 0.191 e. The molecule has 2 rings (SSSR count). The molecule has 0 fully saturated rings. The molecule has 104 valence electrons. The Morgan fingerprint density at radius 1 is 1.26 bits per heavy atom. The number of aliphatic imine (C=N–C) groups is 1. The number of nitrogens with one attached hydrogen (secondary N) is 2. The van der Waals surface area contributed by atoms with Crippen molar-refractivity contribution in [1.82, 2.24) is 10.6 Å². The zero-order valence-corrected chi connectivity index (χ0v) is 11.3. The molecule has 0 saturated heterocycles. The number of benzene rings is 1. The van der Waals surface area contributed by atoms with Crippen molar-refractivity contribution in [3.63, 3.8) is 0 Å². The number of para-hydroxylation sites is 2. The molecule has 2 N–H and O–H groups in total. The summed E-state index contributed by atoms with van der Waals surface area (Å²) >= 11 is 0. The summed E-state index contributed by atoms with van der Waals surface area (Å²) in [5.74, 6) is 2.40. The van der Waals surface area contributed by atoms with Gasteiger partial charge in [0, 0.05) is 13.1 Å². The van der Waals surface area contributed by atoms with Crippen LogP contribution in [0.5, 0.6) is 11.5 Å². The summed E-state index contributed by atoms with van der Waals surface area (Å²) in [6.45, 7) is 3.16. The Morgan fingerprint density at radius 3 is 2.95 bits per heavy atom. The van der Waals surface area contributed by atoms with Crippen LogP contribution in [0.3, 0.4) is 0 Å². The van der Waals surface area contributed by atoms with Gasteiger partial charge in [-0.2, -0.15) is 0 Å². The van der Waals surface area contributed by atoms with E-state index in [4.69, 9.17) is 9.47 Å². The Morgan fingerprint density at radius 2 is 2.11 bits per heavy atom. The first-order valence-electron chi connectivity index (χ1n) is 6.68. The maximum atomic E-state index is 5.68. The van der Waals surface area contributed by atoms with E-state index in [9.17, 15) is 0 Å². The van der Waals surface area contributed by atoms with Crippen molar-refractivity contribution >= 4 is 5.96 Å². The van der Waals surface area contributed by atoms with Gasteiger partial charge in [-0.1, -0.05) is 12.1 Å². The Labute approximate surface area is 114 Å². The molecule has 0 radical (unpaired) electrons. The summed E-state index contributed by atoms with van der Waals surface area (Å²) in [5, 5.41) is 6.50. The Balaban J connectivity index is 1.73. The van der Waals surface area contributed by atoms with Crippen molar-refractivity contribution in [2.75, 3.05) is 33.4 Å². The van der Waals surface area contributed by atoms with E-state index in [0.717, 1.165) is 37.0 Å². The smallest absolute Gasteiger partial charge is 0.191 e. The van der Waals surface area contributed by atoms with Gasteiger partial charge >= 0.3 is 0 Å². The number of guanidine groups is 1. The largest absolute Gasteiger partial charge is 0.493 e. The highest BCUT2D eigenvalue weighted by Gasteiger charge is 2.04. The van der Waals surface area contributed by atoms with E-state index in [1.54, 1.807) is 7.11 Å². The maximum absolute atomic E-state index is 5.68. The minimum Gasteiger partial charge on any atom is -0.493 e. The number of hydrogen-bond acceptors (Lipinski definition) is 5. The quantitative estimate of drug-likeness (QED) is 0.789. The summed E-state index contributed by atoms with van der Waals surface area (Å²) in [4.78, 5) is 4.42. The van der Waals surface area contributed by atoms with E-state index in [1.165, 1.54) is 6.42 Å². The van der Waals surface area contributed by atoms with Crippen LogP contribution >= 0.6 is 0 Å². The second kappa shape index (κ2) is 7.51. The molecule has 0 aliphatic carbocycles. The van der Waals surface area contributed by atoms with E-state index in [1.807, 2.05) is 24.3 Å². The number of ether oxygens (including phenoxy) is 2. The molecular formula is C14H21N3O2. The molecule has 0 spiro atoms. The molecule has 1 aliphatic rings. The first-order valence-corrected chi connectivity index (χ1v) is 6.68. The van der Waals surface area contributed by atoms with Gasteiger partial charge in [0.05, 0.1) is 13.7 Å². The lowest BCUT2D eigenvalue weighted by atomic mass is 10.3. The van der Waals surface area contributed by atoms with Crippen LogP contribution < -0.4 is 20.1 Å². The summed E-state index contributed by atoms with van der Waals surface area (Å²) < 4.78 is 10.9. The predicted molar refractivity (Wildman–Crippen MR) is 76.0 cm³/mol. The molecule has 19 heavy (non-hydrogen) atoms. The lowest BCUT2D eigenvalue weighted by molar-refractivity contribution is 0.298. The van der Waals surface area contributed by atoms with E-state index in [2.05, 4.69) is 15.6 Å². The van der Waals surface area contributed by atoms with Gasteiger partial charge < -0.3 is 20.1 Å². The SMILES string of the molecule is COc1ccccc1OCCNC1=NCCCCN1. The first-order chi connectivity index (χ1) is 9.40. The van der Waals surface area contributed by atoms with Gasteiger partial charge in [0.1, 0.15) is 6.61 Å². The fourth-order valence-electron chi connectivity index (χ4n) is 1.88. The predicted octanol–water partition coefficient (Wildman–Crippen LogP) is 1.40. The first kappa shape index (κ1) is 13.5. The molecule has 0 unspecified atom stereocenters. The molecule has 0 amide bonds. The highest BCUT2D eigenvalue weighted by atomic mass is 16.5. The van der Waals surface area contributed by atoms with Crippen molar-refractivity contribution in [2.24, 2.45) is 4.99 Å². The van der Waals surface area contributed by atoms with Crippen molar-refractivity contribution in [1.29, 1.82) is 0 Å². The number of hydrogen-bond donors (Lipinski definition) is 2. The summed E-state index contributed by atoms with van der Waals surface area (Å²) in [7, 11) is 1.64. The number of rotatable bonds is 5. The molecule has 5 heteroatoms. The standard InChI is InChI=1S/C14H21N3O2/c1-18-12-6-2-3-7-13(12)19-11-10-17-14-15-8-4-5-9-16-14/h2-3,6-7H,4-5,8-11H2,1H3,(H2,15,16,17). The van der Waals surface area contributed by atoms with E-state index in [-0.39, 0.29) is 0 Å². The van der Waals surface area contributed by atoms with Gasteiger partial charge in [-0.25, -0.2) is 0 Å². The Kier molecular flexibility index (Phi) is 5.34. The zero-order chi connectivity index (χ0) is 13.3. The van der Waals surface area contributed by atoms with Gasteiger partial charge in [0.2, 0.25) is 0 Å². The second-order valence-corrected chi connectivity index (χ2v) is 4.29. The summed E-state index contributed by atoms with van der Waals surface area (Å²) in [6, 6.07) is 7.65. The van der Waals surface area contributed by atoms with Crippen LogP contribution in [-0.2, 0) is 0 Å². The molecule has 1 aromatic carbocycles. The van der Waals surface area contributed by atoms with E-state index in [0.29, 0.717) is 13.2 Å². The van der Waals surface area contributed by atoms with Crippen LogP contribution in [0.2, 0.25) is 0 Å². The molecule has 0 aromatic heterocycles. The highest BCUT2D eigenvalue weighted by Crippen LogP contribution is 2.25. The van der Waals surface area contributed by atoms with Crippen molar-refractivity contribution in [3.05, 3.63) is 24.3 Å². The van der Waals surface area contributed by atoms with Gasteiger partial charge in [0.15, 0.2) is 17.5 Å². The van der Waals surface area contributed by atoms with Gasteiger partial charge in [-0.3, -0.25) is 4.99 Å². The van der Waals surface area contributed by atoms with Gasteiger partial charge in [-0.15, -0.1) is 0 Å².